The first kappa shape index (κ1) is 19.5. The minimum Gasteiger partial charge on any atom is -0.385 e. The average molecular weight is 340 g/mol. The van der Waals surface area contributed by atoms with E-state index in [1.54, 1.807) is 7.11 Å². The zero-order valence-corrected chi connectivity index (χ0v) is 15.8. The van der Waals surface area contributed by atoms with Gasteiger partial charge in [0.2, 0.25) is 0 Å². The maximum atomic E-state index is 5.94. The van der Waals surface area contributed by atoms with Crippen molar-refractivity contribution in [2.24, 2.45) is 10.9 Å². The minimum absolute atomic E-state index is 0.401. The number of piperidine rings is 1. The molecule has 2 aliphatic rings. The topological polar surface area (TPSA) is 46.1 Å². The Morgan fingerprint density at radius 2 is 1.83 bits per heavy atom. The molecule has 1 saturated heterocycles. The van der Waals surface area contributed by atoms with Crippen LogP contribution in [0, 0.1) is 5.92 Å². The zero-order valence-electron chi connectivity index (χ0n) is 15.8. The predicted molar refractivity (Wildman–Crippen MR) is 99.6 cm³/mol. The molecule has 0 atom stereocenters. The molecule has 1 aliphatic heterocycles. The van der Waals surface area contributed by atoms with Crippen LogP contribution in [-0.2, 0) is 9.47 Å². The van der Waals surface area contributed by atoms with Gasteiger partial charge in [0.15, 0.2) is 5.96 Å². The summed E-state index contributed by atoms with van der Waals surface area (Å²) in [6, 6.07) is 0. The van der Waals surface area contributed by atoms with Crippen molar-refractivity contribution in [1.82, 2.24) is 10.2 Å². The van der Waals surface area contributed by atoms with Crippen LogP contribution in [0.1, 0.15) is 57.8 Å². The van der Waals surface area contributed by atoms with Crippen molar-refractivity contribution in [3.63, 3.8) is 0 Å². The van der Waals surface area contributed by atoms with E-state index < -0.39 is 0 Å². The van der Waals surface area contributed by atoms with Crippen molar-refractivity contribution < 1.29 is 9.47 Å². The molecule has 1 heterocycles. The molecule has 0 bridgehead atoms. The molecule has 1 aliphatic carbocycles. The van der Waals surface area contributed by atoms with Gasteiger partial charge >= 0.3 is 0 Å². The minimum atomic E-state index is 0.401. The predicted octanol–water partition coefficient (Wildman–Crippen LogP) is 3.05. The molecule has 1 N–H and O–H groups in total. The van der Waals surface area contributed by atoms with Gasteiger partial charge in [0.05, 0.1) is 6.10 Å². The smallest absolute Gasteiger partial charge is 0.193 e. The Hall–Kier alpha value is -0.810. The molecule has 2 fully saturated rings. The molecule has 5 heteroatoms. The van der Waals surface area contributed by atoms with Gasteiger partial charge in [0.25, 0.3) is 0 Å². The second-order valence-electron chi connectivity index (χ2n) is 7.17. The van der Waals surface area contributed by atoms with Crippen LogP contribution in [0.5, 0.6) is 0 Å². The quantitative estimate of drug-likeness (QED) is 0.419. The molecule has 0 radical (unpaired) electrons. The van der Waals surface area contributed by atoms with E-state index in [1.807, 2.05) is 7.05 Å². The number of likely N-dealkylation sites (tertiary alicyclic amines) is 1. The summed E-state index contributed by atoms with van der Waals surface area (Å²) in [4.78, 5) is 6.86. The average Bonchev–Trinajstić information content (AvgIpc) is 2.64. The molecule has 0 aromatic rings. The second kappa shape index (κ2) is 11.7. The molecular weight excluding hydrogens is 302 g/mol. The van der Waals surface area contributed by atoms with E-state index in [4.69, 9.17) is 9.47 Å². The summed E-state index contributed by atoms with van der Waals surface area (Å²) in [6.07, 6.45) is 12.0. The van der Waals surface area contributed by atoms with Crippen molar-refractivity contribution in [1.29, 1.82) is 0 Å². The van der Waals surface area contributed by atoms with Crippen LogP contribution in [0.25, 0.3) is 0 Å². The fourth-order valence-electron chi connectivity index (χ4n) is 3.88. The van der Waals surface area contributed by atoms with E-state index in [2.05, 4.69) is 15.2 Å². The molecule has 2 rings (SSSR count). The Balaban J connectivity index is 1.60. The van der Waals surface area contributed by atoms with Crippen LogP contribution in [0.4, 0.5) is 0 Å². The molecule has 0 amide bonds. The third-order valence-electron chi connectivity index (χ3n) is 5.36. The highest BCUT2D eigenvalue weighted by Gasteiger charge is 2.22. The maximum Gasteiger partial charge on any atom is 0.193 e. The van der Waals surface area contributed by atoms with Crippen molar-refractivity contribution >= 4 is 5.96 Å². The lowest BCUT2D eigenvalue weighted by molar-refractivity contribution is 0.00990. The zero-order chi connectivity index (χ0) is 17.0. The van der Waals surface area contributed by atoms with Gasteiger partial charge < -0.3 is 19.7 Å². The van der Waals surface area contributed by atoms with Gasteiger partial charge in [-0.05, 0) is 31.6 Å². The number of aliphatic imine (C=N–C) groups is 1. The number of methoxy groups -OCH3 is 1. The van der Waals surface area contributed by atoms with E-state index >= 15 is 0 Å². The number of nitrogens with zero attached hydrogens (tertiary/aromatic N) is 2. The number of guanidine groups is 1. The standard InChI is InChI=1S/C19H37N3O2/c1-20-19(21-12-9-17-7-4-3-5-8-17)22-13-10-18(11-14-22)24-16-6-15-23-2/h17-18H,3-16H2,1-2H3,(H,20,21). The van der Waals surface area contributed by atoms with Gasteiger partial charge in [-0.15, -0.1) is 0 Å². The van der Waals surface area contributed by atoms with Crippen LogP contribution < -0.4 is 5.32 Å². The maximum absolute atomic E-state index is 5.94. The van der Waals surface area contributed by atoms with E-state index in [9.17, 15) is 0 Å². The molecular formula is C19H37N3O2. The summed E-state index contributed by atoms with van der Waals surface area (Å²) in [5, 5.41) is 3.58. The normalized spacial score (nSPS) is 21.2. The van der Waals surface area contributed by atoms with Crippen molar-refractivity contribution in [3.8, 4) is 0 Å². The van der Waals surface area contributed by atoms with Gasteiger partial charge in [0, 0.05) is 47.0 Å². The Morgan fingerprint density at radius 3 is 2.50 bits per heavy atom. The Kier molecular flexibility index (Phi) is 9.51. The van der Waals surface area contributed by atoms with E-state index in [-0.39, 0.29) is 0 Å². The van der Waals surface area contributed by atoms with Gasteiger partial charge in [-0.25, -0.2) is 0 Å². The first-order chi connectivity index (χ1) is 11.8. The molecule has 24 heavy (non-hydrogen) atoms. The molecule has 0 aromatic heterocycles. The van der Waals surface area contributed by atoms with Crippen molar-refractivity contribution in [2.75, 3.05) is 47.0 Å². The van der Waals surface area contributed by atoms with Crippen LogP contribution >= 0.6 is 0 Å². The van der Waals surface area contributed by atoms with Gasteiger partial charge in [0.1, 0.15) is 0 Å². The van der Waals surface area contributed by atoms with Crippen LogP contribution in [0.3, 0.4) is 0 Å². The first-order valence-corrected chi connectivity index (χ1v) is 9.89. The first-order valence-electron chi connectivity index (χ1n) is 9.89. The highest BCUT2D eigenvalue weighted by molar-refractivity contribution is 5.79. The van der Waals surface area contributed by atoms with Crippen LogP contribution in [-0.4, -0.2) is 64.0 Å². The largest absolute Gasteiger partial charge is 0.385 e. The summed E-state index contributed by atoms with van der Waals surface area (Å²) in [7, 11) is 3.64. The lowest BCUT2D eigenvalue weighted by atomic mass is 9.87. The number of hydrogen-bond donors (Lipinski definition) is 1. The second-order valence-corrected chi connectivity index (χ2v) is 7.17. The highest BCUT2D eigenvalue weighted by atomic mass is 16.5. The molecule has 0 unspecified atom stereocenters. The van der Waals surface area contributed by atoms with Crippen LogP contribution in [0.2, 0.25) is 0 Å². The summed E-state index contributed by atoms with van der Waals surface area (Å²) in [5.41, 5.74) is 0. The fraction of sp³-hybridized carbons (Fsp3) is 0.947. The van der Waals surface area contributed by atoms with E-state index in [0.717, 1.165) is 64.0 Å². The summed E-state index contributed by atoms with van der Waals surface area (Å²) < 4.78 is 11.0. The summed E-state index contributed by atoms with van der Waals surface area (Å²) in [5.74, 6) is 2.00. The molecule has 1 saturated carbocycles. The van der Waals surface area contributed by atoms with Gasteiger partial charge in [-0.2, -0.15) is 0 Å². The molecule has 140 valence electrons. The molecule has 0 spiro atoms. The van der Waals surface area contributed by atoms with Crippen LogP contribution in [0.15, 0.2) is 4.99 Å². The Bertz CT molecular complexity index is 349. The third-order valence-corrected chi connectivity index (χ3v) is 5.36. The highest BCUT2D eigenvalue weighted by Crippen LogP contribution is 2.25. The van der Waals surface area contributed by atoms with Gasteiger partial charge in [-0.1, -0.05) is 32.1 Å². The summed E-state index contributed by atoms with van der Waals surface area (Å²) >= 11 is 0. The number of rotatable bonds is 8. The fourth-order valence-corrected chi connectivity index (χ4v) is 3.88. The lowest BCUT2D eigenvalue weighted by Crippen LogP contribution is -2.47. The van der Waals surface area contributed by atoms with Gasteiger partial charge in [-0.3, -0.25) is 4.99 Å². The Labute approximate surface area is 148 Å². The lowest BCUT2D eigenvalue weighted by Gasteiger charge is -2.34. The number of ether oxygens (including phenoxy) is 2. The summed E-state index contributed by atoms with van der Waals surface area (Å²) in [6.45, 7) is 4.74. The number of hydrogen-bond acceptors (Lipinski definition) is 3. The van der Waals surface area contributed by atoms with Crippen molar-refractivity contribution in [3.05, 3.63) is 0 Å². The molecule has 0 aromatic carbocycles. The van der Waals surface area contributed by atoms with E-state index in [0.29, 0.717) is 6.10 Å². The van der Waals surface area contributed by atoms with Crippen molar-refractivity contribution in [2.45, 2.75) is 63.9 Å². The molecule has 5 nitrogen and oxygen atoms in total. The number of nitrogens with one attached hydrogen (secondary N) is 1. The third kappa shape index (κ3) is 6.98. The Morgan fingerprint density at radius 1 is 1.08 bits per heavy atom. The van der Waals surface area contributed by atoms with E-state index in [1.165, 1.54) is 38.5 Å². The monoisotopic (exact) mass is 339 g/mol. The SMILES string of the molecule is CN=C(NCCC1CCCCC1)N1CCC(OCCCOC)CC1.